The molecule has 8 unspecified atom stereocenters. The van der Waals surface area contributed by atoms with Crippen molar-refractivity contribution in [3.05, 3.63) is 47.0 Å². The van der Waals surface area contributed by atoms with Gasteiger partial charge >= 0.3 is 6.09 Å². The molecule has 1 aliphatic carbocycles. The summed E-state index contributed by atoms with van der Waals surface area (Å²) in [6, 6.07) is 6.41. The molecule has 2 bridgehead atoms. The number of ether oxygens (including phenoxy) is 2. The largest absolute Gasteiger partial charge is 0.453 e. The quantitative estimate of drug-likeness (QED) is 0.335. The molecule has 3 saturated heterocycles. The van der Waals surface area contributed by atoms with E-state index in [1.807, 2.05) is 24.3 Å². The highest BCUT2D eigenvalue weighted by Crippen LogP contribution is 2.41. The van der Waals surface area contributed by atoms with Gasteiger partial charge in [0.1, 0.15) is 6.04 Å². The molecule has 5 rings (SSSR count). The highest BCUT2D eigenvalue weighted by Gasteiger charge is 2.44. The molecule has 12 heteroatoms. The number of carbonyl (C=O) groups is 2. The molecule has 45 heavy (non-hydrogen) atoms. The van der Waals surface area contributed by atoms with E-state index < -0.39 is 22.2 Å². The van der Waals surface area contributed by atoms with Gasteiger partial charge < -0.3 is 25.4 Å². The number of hydrogen-bond donors (Lipinski definition) is 3. The minimum Gasteiger partial charge on any atom is -0.453 e. The highest BCUT2D eigenvalue weighted by molar-refractivity contribution is 7.89. The second-order valence-corrected chi connectivity index (χ2v) is 16.3. The van der Waals surface area contributed by atoms with E-state index in [2.05, 4.69) is 36.4 Å². The van der Waals surface area contributed by atoms with Crippen LogP contribution in [-0.4, -0.2) is 87.1 Å². The van der Waals surface area contributed by atoms with Crippen molar-refractivity contribution in [1.29, 1.82) is 0 Å². The zero-order valence-corrected chi connectivity index (χ0v) is 28.3. The zero-order valence-electron chi connectivity index (χ0n) is 26.7. The first-order valence-electron chi connectivity index (χ1n) is 16.3. The maximum Gasteiger partial charge on any atom is 0.407 e. The lowest BCUT2D eigenvalue weighted by atomic mass is 9.73. The van der Waals surface area contributed by atoms with Gasteiger partial charge in [0, 0.05) is 48.8 Å². The molecule has 10 nitrogen and oxygen atoms in total. The first kappa shape index (κ1) is 34.2. The minimum atomic E-state index is -3.31. The number of rotatable bonds is 9. The van der Waals surface area contributed by atoms with Crippen molar-refractivity contribution >= 4 is 33.6 Å². The van der Waals surface area contributed by atoms with Gasteiger partial charge in [0.05, 0.1) is 18.5 Å². The number of alkyl carbamates (subject to hydrolysis) is 1. The monoisotopic (exact) mass is 664 g/mol. The second-order valence-electron chi connectivity index (χ2n) is 13.9. The van der Waals surface area contributed by atoms with Crippen LogP contribution in [0.1, 0.15) is 76.7 Å². The average molecular weight is 665 g/mol. The van der Waals surface area contributed by atoms with Crippen LogP contribution in [0, 0.1) is 11.8 Å². The number of nitrogens with one attached hydrogen (secondary N) is 3. The van der Waals surface area contributed by atoms with Gasteiger partial charge in [-0.1, -0.05) is 42.3 Å². The average Bonchev–Trinajstić information content (AvgIpc) is 3.41. The minimum absolute atomic E-state index is 0.0103. The number of piperazine rings is 1. The lowest BCUT2D eigenvalue weighted by molar-refractivity contribution is -0.126. The Balaban J connectivity index is 1.35. The summed E-state index contributed by atoms with van der Waals surface area (Å²) in [6.45, 7) is 10.2. The second kappa shape index (κ2) is 14.3. The lowest BCUT2D eigenvalue weighted by Crippen LogP contribution is -2.57. The van der Waals surface area contributed by atoms with E-state index in [-0.39, 0.29) is 53.1 Å². The molecule has 2 amide bonds. The van der Waals surface area contributed by atoms with Gasteiger partial charge in [-0.3, -0.25) is 4.79 Å². The first-order chi connectivity index (χ1) is 21.4. The SMILES string of the molecule is C=C(CC1CNC2CCCS(=O)(=O)N1C2)C1CCCC1NC(=O)C(NC(=O)OC)C(c1ccc(Cl)cc1)C1CCOC(C)(C)C1. The van der Waals surface area contributed by atoms with Crippen molar-refractivity contribution in [3.8, 4) is 0 Å². The Morgan fingerprint density at radius 3 is 2.64 bits per heavy atom. The van der Waals surface area contributed by atoms with E-state index in [4.69, 9.17) is 21.1 Å². The van der Waals surface area contributed by atoms with Gasteiger partial charge in [-0.05, 0) is 88.3 Å². The van der Waals surface area contributed by atoms with Gasteiger partial charge in [-0.2, -0.15) is 4.31 Å². The summed E-state index contributed by atoms with van der Waals surface area (Å²) in [6.07, 6.45) is 5.43. The molecule has 3 heterocycles. The molecule has 8 atom stereocenters. The normalized spacial score (nSPS) is 32.0. The molecule has 250 valence electrons. The van der Waals surface area contributed by atoms with Crippen LogP contribution in [0.3, 0.4) is 0 Å². The molecule has 0 aromatic heterocycles. The first-order valence-corrected chi connectivity index (χ1v) is 18.3. The number of methoxy groups -OCH3 is 1. The van der Waals surface area contributed by atoms with E-state index in [9.17, 15) is 18.0 Å². The van der Waals surface area contributed by atoms with Crippen LogP contribution in [0.25, 0.3) is 0 Å². The topological polar surface area (TPSA) is 126 Å². The molecule has 0 spiro atoms. The molecule has 3 N–H and O–H groups in total. The fraction of sp³-hybridized carbons (Fsp3) is 0.697. The Morgan fingerprint density at radius 2 is 1.93 bits per heavy atom. The number of fused-ring (bicyclic) bond motifs is 2. The fourth-order valence-electron chi connectivity index (χ4n) is 8.03. The van der Waals surface area contributed by atoms with Gasteiger partial charge in [-0.25, -0.2) is 13.2 Å². The van der Waals surface area contributed by atoms with E-state index in [0.717, 1.165) is 43.2 Å². The van der Waals surface area contributed by atoms with Crippen LogP contribution in [0.2, 0.25) is 5.02 Å². The van der Waals surface area contributed by atoms with Crippen LogP contribution in [-0.2, 0) is 24.3 Å². The Labute approximate surface area is 273 Å². The van der Waals surface area contributed by atoms with Gasteiger partial charge in [0.25, 0.3) is 0 Å². The van der Waals surface area contributed by atoms with Crippen molar-refractivity contribution in [2.24, 2.45) is 11.8 Å². The van der Waals surface area contributed by atoms with Crippen LogP contribution < -0.4 is 16.0 Å². The van der Waals surface area contributed by atoms with Crippen LogP contribution in [0.4, 0.5) is 4.79 Å². The predicted molar refractivity (Wildman–Crippen MR) is 175 cm³/mol. The van der Waals surface area contributed by atoms with Crippen molar-refractivity contribution in [1.82, 2.24) is 20.3 Å². The smallest absolute Gasteiger partial charge is 0.407 e. The molecule has 1 aromatic carbocycles. The summed E-state index contributed by atoms with van der Waals surface area (Å²) in [5, 5.41) is 10.3. The standard InChI is InChI=1S/C33H49ClN4O6S/c1-21(17-26-19-35-25-7-6-16-45(41,42)38(26)20-25)27-8-5-9-28(27)36-31(39)30(37-32(40)43-4)29(22-10-12-24(34)13-11-22)23-14-15-44-33(2,3)18-23/h10-13,23,25-30,35H,1,5-9,14-20H2,2-4H3,(H,36,39)(H,37,40). The lowest BCUT2D eigenvalue weighted by Gasteiger charge is -2.42. The van der Waals surface area contributed by atoms with Gasteiger partial charge in [-0.15, -0.1) is 0 Å². The van der Waals surface area contributed by atoms with Crippen molar-refractivity contribution in [2.75, 3.05) is 32.6 Å². The summed E-state index contributed by atoms with van der Waals surface area (Å²) in [5.41, 5.74) is 1.50. The number of benzene rings is 1. The maximum absolute atomic E-state index is 14.3. The molecule has 4 aliphatic rings. The van der Waals surface area contributed by atoms with E-state index >= 15 is 0 Å². The number of sulfonamides is 1. The Morgan fingerprint density at radius 1 is 1.18 bits per heavy atom. The van der Waals surface area contributed by atoms with E-state index in [1.54, 1.807) is 4.31 Å². The molecular weight excluding hydrogens is 616 g/mol. The van der Waals surface area contributed by atoms with E-state index in [0.29, 0.717) is 44.0 Å². The number of halogens is 1. The van der Waals surface area contributed by atoms with Gasteiger partial charge in [0.2, 0.25) is 15.9 Å². The number of nitrogens with zero attached hydrogens (tertiary/aromatic N) is 1. The summed E-state index contributed by atoms with van der Waals surface area (Å²) in [5.74, 6) is -0.371. The Kier molecular flexibility index (Phi) is 10.9. The van der Waals surface area contributed by atoms with Gasteiger partial charge in [0.15, 0.2) is 0 Å². The third-order valence-electron chi connectivity index (χ3n) is 10.2. The summed E-state index contributed by atoms with van der Waals surface area (Å²) >= 11 is 6.24. The van der Waals surface area contributed by atoms with Crippen molar-refractivity contribution in [3.63, 3.8) is 0 Å². The van der Waals surface area contributed by atoms with Crippen molar-refractivity contribution in [2.45, 2.75) is 101 Å². The molecule has 4 fully saturated rings. The fourth-order valence-corrected chi connectivity index (χ4v) is 9.93. The number of amides is 2. The number of hydrogen-bond acceptors (Lipinski definition) is 7. The predicted octanol–water partition coefficient (Wildman–Crippen LogP) is 4.35. The summed E-state index contributed by atoms with van der Waals surface area (Å²) in [7, 11) is -2.02. The third-order valence-corrected chi connectivity index (χ3v) is 12.4. The summed E-state index contributed by atoms with van der Waals surface area (Å²) in [4.78, 5) is 27.0. The molecule has 0 radical (unpaired) electrons. The van der Waals surface area contributed by atoms with E-state index in [1.165, 1.54) is 7.11 Å². The maximum atomic E-state index is 14.3. The zero-order chi connectivity index (χ0) is 32.4. The Bertz CT molecular complexity index is 1340. The van der Waals surface area contributed by atoms with Crippen molar-refractivity contribution < 1.29 is 27.5 Å². The Hall–Kier alpha value is -2.18. The van der Waals surface area contributed by atoms with Crippen LogP contribution in [0.15, 0.2) is 36.4 Å². The number of carbonyl (C=O) groups excluding carboxylic acids is 2. The van der Waals surface area contributed by atoms with Crippen LogP contribution >= 0.6 is 11.6 Å². The molecular formula is C33H49ClN4O6S. The molecule has 1 saturated carbocycles. The summed E-state index contributed by atoms with van der Waals surface area (Å²) < 4.78 is 38.8. The van der Waals surface area contributed by atoms with Crippen LogP contribution in [0.5, 0.6) is 0 Å². The molecule has 1 aromatic rings. The third kappa shape index (κ3) is 8.22. The molecule has 3 aliphatic heterocycles. The highest BCUT2D eigenvalue weighted by atomic mass is 35.5.